The largest absolute Gasteiger partial charge is 0.496 e. The van der Waals surface area contributed by atoms with Crippen molar-refractivity contribution in [2.24, 2.45) is 11.8 Å². The summed E-state index contributed by atoms with van der Waals surface area (Å²) in [5.41, 5.74) is 3.05. The Morgan fingerprint density at radius 3 is 2.30 bits per heavy atom. The molecule has 1 aliphatic rings. The van der Waals surface area contributed by atoms with E-state index >= 15 is 0 Å². The Bertz CT molecular complexity index is 1170. The molecule has 0 aromatic heterocycles. The highest BCUT2D eigenvalue weighted by Gasteiger charge is 2.40. The van der Waals surface area contributed by atoms with E-state index in [9.17, 15) is 9.59 Å². The van der Waals surface area contributed by atoms with E-state index in [1.165, 1.54) is 0 Å². The number of ether oxygens (including phenoxy) is 3. The molecule has 0 N–H and O–H groups in total. The number of methoxy groups -OCH3 is 2. The number of hydrogen-bond acceptors (Lipinski definition) is 6. The fourth-order valence-electron chi connectivity index (χ4n) is 5.31. The Kier molecular flexibility index (Phi) is 13.8. The van der Waals surface area contributed by atoms with E-state index in [0.29, 0.717) is 12.0 Å². The third kappa shape index (κ3) is 8.88. The van der Waals surface area contributed by atoms with Gasteiger partial charge in [0.1, 0.15) is 23.4 Å². The fraction of sp³-hybridized carbons (Fsp3) is 0.471. The number of Topliss-reactive ketones (excluding diaryl/α,β-unsaturated/α-hetero) is 1. The van der Waals surface area contributed by atoms with Crippen molar-refractivity contribution >= 4 is 11.8 Å². The van der Waals surface area contributed by atoms with Gasteiger partial charge in [0.05, 0.1) is 38.2 Å². The van der Waals surface area contributed by atoms with Gasteiger partial charge in [-0.1, -0.05) is 70.9 Å². The van der Waals surface area contributed by atoms with Crippen molar-refractivity contribution in [2.45, 2.75) is 77.7 Å². The maximum atomic E-state index is 13.3. The third-order valence-electron chi connectivity index (χ3n) is 7.29. The van der Waals surface area contributed by atoms with Crippen LogP contribution in [0.3, 0.4) is 0 Å². The molecule has 6 heteroatoms. The number of nitriles is 1. The molecule has 2 aromatic carbocycles. The molecule has 0 aliphatic carbocycles. The summed E-state index contributed by atoms with van der Waals surface area (Å²) in [6, 6.07) is 12.7. The van der Waals surface area contributed by atoms with Crippen molar-refractivity contribution in [3.05, 3.63) is 65.6 Å². The normalized spacial score (nSPS) is 16.5. The lowest BCUT2D eigenvalue weighted by Gasteiger charge is -2.21. The number of unbranched alkanes of at least 4 members (excludes halogenated alkanes) is 2. The van der Waals surface area contributed by atoms with E-state index in [1.54, 1.807) is 45.4 Å². The Hall–Kier alpha value is -3.77. The van der Waals surface area contributed by atoms with Crippen molar-refractivity contribution < 1.29 is 25.2 Å². The summed E-state index contributed by atoms with van der Waals surface area (Å²) in [4.78, 5) is 25.4. The number of nitrogens with zero attached hydrogens (tertiary/aromatic N) is 1. The number of esters is 1. The monoisotopic (exact) mass is 546 g/mol. The van der Waals surface area contributed by atoms with Gasteiger partial charge >= 0.3 is 5.97 Å². The third-order valence-corrected chi connectivity index (χ3v) is 7.29. The first-order valence-corrected chi connectivity index (χ1v) is 14.1. The number of benzene rings is 2. The molecule has 2 aromatic rings. The van der Waals surface area contributed by atoms with Crippen LogP contribution in [0.2, 0.25) is 0 Å². The summed E-state index contributed by atoms with van der Waals surface area (Å²) in [6.45, 7) is 7.14. The minimum atomic E-state index is -0.573. The number of ketones is 1. The van der Waals surface area contributed by atoms with E-state index in [1.807, 2.05) is 12.1 Å². The highest BCUT2D eigenvalue weighted by atomic mass is 16.6. The second-order valence-electron chi connectivity index (χ2n) is 9.88. The molecule has 1 fully saturated rings. The van der Waals surface area contributed by atoms with Crippen LogP contribution >= 0.6 is 0 Å². The van der Waals surface area contributed by atoms with E-state index in [0.717, 1.165) is 73.1 Å². The lowest BCUT2D eigenvalue weighted by atomic mass is 9.83. The minimum absolute atomic E-state index is 0. The molecule has 6 nitrogen and oxygen atoms in total. The zero-order valence-corrected chi connectivity index (χ0v) is 24.3. The molecular weight excluding hydrogens is 502 g/mol. The van der Waals surface area contributed by atoms with Crippen LogP contribution in [0.4, 0.5) is 0 Å². The second-order valence-corrected chi connectivity index (χ2v) is 9.88. The lowest BCUT2D eigenvalue weighted by molar-refractivity contribution is -0.141. The average Bonchev–Trinajstić information content (AvgIpc) is 3.39. The molecule has 3 rings (SSSR count). The standard InChI is InChI=1S/C32H37NO5.C2H5.H2/c1-5-10-23(11-8-7-9-12-26-29(36-3)18-22(6-2)19-30(26)37-4)17-28(34)27-20-31(35)38-32(27)25-15-13-24(21-33)14-16-25;1-2;/h2,13-16,18-19,23,27,32H,5,7-12,17,20H2,1,3-4H3;1H2,2H3;1H/t23?,27-,32-;;/m1../s1. The second kappa shape index (κ2) is 17.0. The first kappa shape index (κ1) is 32.4. The van der Waals surface area contributed by atoms with E-state index in [2.05, 4.69) is 25.8 Å². The number of carbonyl (C=O) groups is 2. The summed E-state index contributed by atoms with van der Waals surface area (Å²) in [6.07, 6.45) is 12.3. The Labute approximate surface area is 241 Å². The Morgan fingerprint density at radius 1 is 1.10 bits per heavy atom. The summed E-state index contributed by atoms with van der Waals surface area (Å²) in [5, 5.41) is 9.05. The van der Waals surface area contributed by atoms with Crippen LogP contribution in [0, 0.1) is 42.4 Å². The highest BCUT2D eigenvalue weighted by Crippen LogP contribution is 2.38. The summed E-state index contributed by atoms with van der Waals surface area (Å²) in [7, 11) is 3.28. The quantitative estimate of drug-likeness (QED) is 0.139. The van der Waals surface area contributed by atoms with Gasteiger partial charge in [0.15, 0.2) is 0 Å². The highest BCUT2D eigenvalue weighted by molar-refractivity contribution is 5.88. The van der Waals surface area contributed by atoms with Gasteiger partial charge in [-0.25, -0.2) is 0 Å². The first-order valence-electron chi connectivity index (χ1n) is 14.1. The van der Waals surface area contributed by atoms with Crippen LogP contribution in [-0.2, 0) is 20.7 Å². The molecule has 1 unspecified atom stereocenters. The zero-order chi connectivity index (χ0) is 29.5. The Balaban J connectivity index is 0.00000274. The molecule has 1 radical (unpaired) electrons. The number of carbonyl (C=O) groups excluding carboxylic acids is 2. The first-order chi connectivity index (χ1) is 19.4. The molecule has 1 aliphatic heterocycles. The van der Waals surface area contributed by atoms with Gasteiger partial charge in [-0.2, -0.15) is 5.26 Å². The number of terminal acetylenes is 1. The predicted molar refractivity (Wildman–Crippen MR) is 159 cm³/mol. The number of rotatable bonds is 14. The van der Waals surface area contributed by atoms with Gasteiger partial charge in [-0.3, -0.25) is 9.59 Å². The molecule has 215 valence electrons. The molecule has 3 atom stereocenters. The molecular formula is C34H44NO5. The van der Waals surface area contributed by atoms with Gasteiger partial charge in [0.25, 0.3) is 0 Å². The van der Waals surface area contributed by atoms with Gasteiger partial charge in [0.2, 0.25) is 0 Å². The zero-order valence-electron chi connectivity index (χ0n) is 24.3. The summed E-state index contributed by atoms with van der Waals surface area (Å²) >= 11 is 0. The number of hydrogen-bond donors (Lipinski definition) is 0. The average molecular weight is 547 g/mol. The van der Waals surface area contributed by atoms with Crippen molar-refractivity contribution in [3.63, 3.8) is 0 Å². The fourth-order valence-corrected chi connectivity index (χ4v) is 5.31. The van der Waals surface area contributed by atoms with Crippen LogP contribution in [0.15, 0.2) is 36.4 Å². The Morgan fingerprint density at radius 2 is 1.75 bits per heavy atom. The van der Waals surface area contributed by atoms with Gasteiger partial charge in [0, 0.05) is 19.0 Å². The van der Waals surface area contributed by atoms with Crippen LogP contribution in [-0.4, -0.2) is 26.0 Å². The van der Waals surface area contributed by atoms with E-state index in [-0.39, 0.29) is 25.5 Å². The van der Waals surface area contributed by atoms with Crippen LogP contribution in [0.1, 0.15) is 95.0 Å². The molecule has 0 bridgehead atoms. The smallest absolute Gasteiger partial charge is 0.307 e. The van der Waals surface area contributed by atoms with Crippen LogP contribution in [0.5, 0.6) is 11.5 Å². The summed E-state index contributed by atoms with van der Waals surface area (Å²) in [5.74, 6) is 3.69. The maximum Gasteiger partial charge on any atom is 0.307 e. The lowest BCUT2D eigenvalue weighted by Crippen LogP contribution is -2.21. The molecule has 0 saturated carbocycles. The molecule has 1 heterocycles. The molecule has 0 amide bonds. The number of cyclic esters (lactones) is 1. The van der Waals surface area contributed by atoms with Crippen LogP contribution < -0.4 is 9.47 Å². The van der Waals surface area contributed by atoms with Crippen molar-refractivity contribution in [1.29, 1.82) is 5.26 Å². The van der Waals surface area contributed by atoms with Crippen molar-refractivity contribution in [3.8, 4) is 29.9 Å². The molecule has 1 saturated heterocycles. The van der Waals surface area contributed by atoms with E-state index < -0.39 is 12.0 Å². The van der Waals surface area contributed by atoms with Crippen LogP contribution in [0.25, 0.3) is 0 Å². The molecule has 0 spiro atoms. The topological polar surface area (TPSA) is 85.6 Å². The summed E-state index contributed by atoms with van der Waals surface area (Å²) < 4.78 is 16.6. The molecule has 40 heavy (non-hydrogen) atoms. The van der Waals surface area contributed by atoms with Crippen molar-refractivity contribution in [2.75, 3.05) is 14.2 Å². The van der Waals surface area contributed by atoms with Gasteiger partial charge < -0.3 is 14.2 Å². The minimum Gasteiger partial charge on any atom is -0.496 e. The predicted octanol–water partition coefficient (Wildman–Crippen LogP) is 7.43. The SMILES string of the molecule is C#Cc1cc(OC)c(CCCCCC(CCC)CC(=O)[C@H]2CC(=O)O[C@@H]2c2ccc(C#N)cc2)c(OC)c1.[CH2]C.[HH]. The van der Waals surface area contributed by atoms with Gasteiger partial charge in [-0.15, -0.1) is 6.42 Å². The maximum absolute atomic E-state index is 13.3. The van der Waals surface area contributed by atoms with Crippen molar-refractivity contribution in [1.82, 2.24) is 0 Å². The van der Waals surface area contributed by atoms with Gasteiger partial charge in [-0.05, 0) is 48.6 Å². The van der Waals surface area contributed by atoms with E-state index in [4.69, 9.17) is 25.9 Å².